The zero-order chi connectivity index (χ0) is 19.8. The molecule has 28 heavy (non-hydrogen) atoms. The average Bonchev–Trinajstić information content (AvgIpc) is 2.69. The fourth-order valence-electron chi connectivity index (χ4n) is 3.96. The maximum atomic E-state index is 13.4. The second-order valence-corrected chi connectivity index (χ2v) is 7.76. The molecule has 2 aromatic rings. The summed E-state index contributed by atoms with van der Waals surface area (Å²) < 4.78 is 14.3. The van der Waals surface area contributed by atoms with E-state index in [0.717, 1.165) is 22.2 Å². The Kier molecular flexibility index (Phi) is 4.78. The first kappa shape index (κ1) is 18.5. The molecule has 6 heteroatoms. The zero-order valence-corrected chi connectivity index (χ0v) is 16.5. The molecule has 0 unspecified atom stereocenters. The molecule has 0 spiro atoms. The number of anilines is 1. The number of allylic oxidation sites excluding steroid dienone is 3. The van der Waals surface area contributed by atoms with E-state index in [-0.39, 0.29) is 17.4 Å². The lowest BCUT2D eigenvalue weighted by Crippen LogP contribution is -2.38. The quantitative estimate of drug-likeness (QED) is 0.725. The van der Waals surface area contributed by atoms with E-state index in [0.29, 0.717) is 29.7 Å². The molecule has 0 amide bonds. The number of hydrogen-bond acceptors (Lipinski definition) is 4. The third-order valence-corrected chi connectivity index (χ3v) is 5.73. The number of carbonyl (C=O) groups excluding carboxylic acids is 1. The minimum atomic E-state index is -0.488. The summed E-state index contributed by atoms with van der Waals surface area (Å²) >= 11 is 3.42. The van der Waals surface area contributed by atoms with E-state index in [1.807, 2.05) is 24.3 Å². The van der Waals surface area contributed by atoms with E-state index in [2.05, 4.69) is 22.0 Å². The Morgan fingerprint density at radius 3 is 2.43 bits per heavy atom. The minimum absolute atomic E-state index is 0.0292. The molecule has 2 aliphatic rings. The van der Waals surface area contributed by atoms with Gasteiger partial charge in [-0.05, 0) is 54.8 Å². The van der Waals surface area contributed by atoms with Crippen LogP contribution in [0.25, 0.3) is 0 Å². The Morgan fingerprint density at radius 1 is 1.11 bits per heavy atom. The van der Waals surface area contributed by atoms with Gasteiger partial charge in [-0.3, -0.25) is 9.69 Å². The molecule has 0 saturated heterocycles. The van der Waals surface area contributed by atoms with Crippen LogP contribution in [-0.2, 0) is 4.79 Å². The van der Waals surface area contributed by atoms with Crippen LogP contribution in [0.1, 0.15) is 30.7 Å². The van der Waals surface area contributed by atoms with Crippen LogP contribution < -0.4 is 10.6 Å². The molecule has 140 valence electrons. The summed E-state index contributed by atoms with van der Waals surface area (Å²) in [5.74, 6) is -0.528. The molecule has 0 saturated carbocycles. The molecule has 1 heterocycles. The van der Waals surface area contributed by atoms with Gasteiger partial charge in [0.1, 0.15) is 11.6 Å². The highest BCUT2D eigenvalue weighted by atomic mass is 79.9. The first-order valence-corrected chi connectivity index (χ1v) is 9.77. The van der Waals surface area contributed by atoms with Crippen LogP contribution in [0.4, 0.5) is 10.1 Å². The molecule has 2 aromatic carbocycles. The predicted molar refractivity (Wildman–Crippen MR) is 108 cm³/mol. The zero-order valence-electron chi connectivity index (χ0n) is 15.0. The number of nitriles is 1. The standard InChI is InChI=1S/C22H17BrFN3O/c23-14-6-4-13(5-7-14)20-17(12-25)22(26)27(16-10-8-15(24)9-11-16)18-2-1-3-19(28)21(18)20/h4-11,20H,1-3,26H2/t20-/m0/s1. The number of hydrogen-bond donors (Lipinski definition) is 1. The van der Waals surface area contributed by atoms with E-state index in [9.17, 15) is 14.4 Å². The Balaban J connectivity index is 1.95. The maximum Gasteiger partial charge on any atom is 0.161 e. The molecular weight excluding hydrogens is 421 g/mol. The van der Waals surface area contributed by atoms with E-state index >= 15 is 0 Å². The molecule has 0 aromatic heterocycles. The second-order valence-electron chi connectivity index (χ2n) is 6.84. The van der Waals surface area contributed by atoms with Crippen molar-refractivity contribution in [2.45, 2.75) is 25.2 Å². The van der Waals surface area contributed by atoms with Crippen LogP contribution >= 0.6 is 15.9 Å². The molecule has 1 aliphatic heterocycles. The van der Waals surface area contributed by atoms with Gasteiger partial charge in [-0.2, -0.15) is 5.26 Å². The molecule has 4 rings (SSSR count). The van der Waals surface area contributed by atoms with Crippen molar-refractivity contribution in [3.63, 3.8) is 0 Å². The maximum absolute atomic E-state index is 13.4. The van der Waals surface area contributed by atoms with Crippen molar-refractivity contribution < 1.29 is 9.18 Å². The molecule has 1 aliphatic carbocycles. The van der Waals surface area contributed by atoms with Crippen molar-refractivity contribution in [1.82, 2.24) is 0 Å². The number of halogens is 2. The van der Waals surface area contributed by atoms with E-state index in [1.165, 1.54) is 12.1 Å². The summed E-state index contributed by atoms with van der Waals surface area (Å²) in [4.78, 5) is 14.7. The van der Waals surface area contributed by atoms with Crippen molar-refractivity contribution in [1.29, 1.82) is 5.26 Å². The van der Waals surface area contributed by atoms with Gasteiger partial charge in [0.15, 0.2) is 5.78 Å². The summed E-state index contributed by atoms with van der Waals surface area (Å²) in [5.41, 5.74) is 9.69. The molecule has 0 fully saturated rings. The molecule has 4 nitrogen and oxygen atoms in total. The van der Waals surface area contributed by atoms with Gasteiger partial charge in [0.2, 0.25) is 0 Å². The van der Waals surface area contributed by atoms with Crippen LogP contribution in [0.3, 0.4) is 0 Å². The highest BCUT2D eigenvalue weighted by Crippen LogP contribution is 2.46. The molecule has 2 N–H and O–H groups in total. The monoisotopic (exact) mass is 437 g/mol. The van der Waals surface area contributed by atoms with E-state index < -0.39 is 5.92 Å². The van der Waals surface area contributed by atoms with Gasteiger partial charge in [-0.25, -0.2) is 4.39 Å². The number of nitrogens with two attached hydrogens (primary N) is 1. The van der Waals surface area contributed by atoms with E-state index in [4.69, 9.17) is 5.73 Å². The van der Waals surface area contributed by atoms with Crippen LogP contribution in [-0.4, -0.2) is 5.78 Å². The average molecular weight is 438 g/mol. The topological polar surface area (TPSA) is 70.1 Å². The Hall–Kier alpha value is -2.91. The van der Waals surface area contributed by atoms with Crippen molar-refractivity contribution in [2.75, 3.05) is 4.90 Å². The third-order valence-electron chi connectivity index (χ3n) is 5.20. The molecular formula is C22H17BrFN3O. The fraction of sp³-hybridized carbons (Fsp3) is 0.182. The molecule has 0 radical (unpaired) electrons. The lowest BCUT2D eigenvalue weighted by atomic mass is 9.75. The number of Topliss-reactive ketones (excluding diaryl/α,β-unsaturated/α-hetero) is 1. The smallest absolute Gasteiger partial charge is 0.161 e. The van der Waals surface area contributed by atoms with Crippen molar-refractivity contribution in [3.05, 3.63) is 87.0 Å². The van der Waals surface area contributed by atoms with Crippen LogP contribution in [0.5, 0.6) is 0 Å². The van der Waals surface area contributed by atoms with Crippen molar-refractivity contribution in [2.24, 2.45) is 5.73 Å². The fourth-order valence-corrected chi connectivity index (χ4v) is 4.22. The number of rotatable bonds is 2. The van der Waals surface area contributed by atoms with E-state index in [1.54, 1.807) is 17.0 Å². The summed E-state index contributed by atoms with van der Waals surface area (Å²) in [6, 6.07) is 15.7. The Labute approximate surface area is 170 Å². The Morgan fingerprint density at radius 2 is 1.79 bits per heavy atom. The predicted octanol–water partition coefficient (Wildman–Crippen LogP) is 4.89. The number of carbonyl (C=O) groups is 1. The van der Waals surface area contributed by atoms with Crippen LogP contribution in [0.15, 0.2) is 75.7 Å². The van der Waals surface area contributed by atoms with Gasteiger partial charge in [-0.1, -0.05) is 28.1 Å². The van der Waals surface area contributed by atoms with Crippen molar-refractivity contribution >= 4 is 27.4 Å². The summed E-state index contributed by atoms with van der Waals surface area (Å²) in [5, 5.41) is 9.92. The van der Waals surface area contributed by atoms with Crippen molar-refractivity contribution in [3.8, 4) is 6.07 Å². The van der Waals surface area contributed by atoms with Gasteiger partial charge in [0.05, 0.1) is 17.6 Å². The first-order valence-electron chi connectivity index (χ1n) is 8.98. The Bertz CT molecular complexity index is 1050. The SMILES string of the molecule is N#CC1=C(N)N(c2ccc(F)cc2)C2=C(C(=O)CCC2)[C@H]1c1ccc(Br)cc1. The highest BCUT2D eigenvalue weighted by molar-refractivity contribution is 9.10. The second kappa shape index (κ2) is 7.25. The lowest BCUT2D eigenvalue weighted by molar-refractivity contribution is -0.116. The van der Waals surface area contributed by atoms with Gasteiger partial charge in [0, 0.05) is 27.9 Å². The number of ketones is 1. The summed E-state index contributed by atoms with van der Waals surface area (Å²) in [7, 11) is 0. The highest BCUT2D eigenvalue weighted by Gasteiger charge is 2.40. The third kappa shape index (κ3) is 3.02. The van der Waals surface area contributed by atoms with Crippen LogP contribution in [0, 0.1) is 17.1 Å². The summed E-state index contributed by atoms with van der Waals surface area (Å²) in [6.07, 6.45) is 1.84. The van der Waals surface area contributed by atoms with Crippen LogP contribution in [0.2, 0.25) is 0 Å². The largest absolute Gasteiger partial charge is 0.384 e. The molecule has 1 atom stereocenters. The number of benzene rings is 2. The first-order chi connectivity index (χ1) is 13.5. The summed E-state index contributed by atoms with van der Waals surface area (Å²) in [6.45, 7) is 0. The van der Waals surface area contributed by atoms with Gasteiger partial charge >= 0.3 is 0 Å². The lowest BCUT2D eigenvalue weighted by Gasteiger charge is -2.39. The number of nitrogens with zero attached hydrogens (tertiary/aromatic N) is 2. The minimum Gasteiger partial charge on any atom is -0.384 e. The van der Waals surface area contributed by atoms with Gasteiger partial charge < -0.3 is 5.73 Å². The van der Waals surface area contributed by atoms with Gasteiger partial charge in [0.25, 0.3) is 0 Å². The molecule has 0 bridgehead atoms. The normalized spacial score (nSPS) is 19.5. The van der Waals surface area contributed by atoms with Gasteiger partial charge in [-0.15, -0.1) is 0 Å².